The maximum atomic E-state index is 9.39. The van der Waals surface area contributed by atoms with Crippen LogP contribution in [0.2, 0.25) is 17.3 Å². The van der Waals surface area contributed by atoms with E-state index in [1.54, 1.807) is 29.7 Å². The Bertz CT molecular complexity index is 2650. The Labute approximate surface area is 342 Å². The molecule has 6 heteroatoms. The summed E-state index contributed by atoms with van der Waals surface area (Å²) in [5.74, 6) is 6.96. The average Bonchev–Trinajstić information content (AvgIpc) is 3.59. The minimum absolute atomic E-state index is 0. The van der Waals surface area contributed by atoms with Crippen molar-refractivity contribution in [3.05, 3.63) is 163 Å². The standard InChI is InChI=1S/C27H22NS.C21H19GeN2.Ir/c1-18(2)15-19-13-14-28-25(16-19)23-10-6-9-22-24-17-21(20-7-4-3-5-8-20)11-12-26(24)29-27(22)23;1-22(2,3)19-11-12-21(24-15-19)17-9-10-18(14-23)20(13-17)16-7-5-4-6-8-16;/h3-9,11-14,16-18H,15H2,1-2H3;4-8,10-13,15H,1-3H3;/q2*-1;/i15D2;;. The van der Waals surface area contributed by atoms with Gasteiger partial charge in [-0.15, -0.1) is 23.8 Å². The number of fused-ring (bicyclic) bond motifs is 3. The second kappa shape index (κ2) is 17.2. The van der Waals surface area contributed by atoms with Crippen LogP contribution in [0.3, 0.4) is 0 Å². The number of hydrogen-bond acceptors (Lipinski definition) is 4. The van der Waals surface area contributed by atoms with Crippen LogP contribution in [-0.2, 0) is 26.5 Å². The van der Waals surface area contributed by atoms with Gasteiger partial charge in [0.05, 0.1) is 0 Å². The zero-order valence-electron chi connectivity index (χ0n) is 32.9. The Hall–Kier alpha value is -4.70. The van der Waals surface area contributed by atoms with Crippen LogP contribution in [0, 0.1) is 29.4 Å². The second-order valence-corrected chi connectivity index (χ2v) is 26.0. The summed E-state index contributed by atoms with van der Waals surface area (Å²) in [6, 6.07) is 51.6. The Kier molecular flexibility index (Phi) is 11.5. The molecule has 3 nitrogen and oxygen atoms in total. The molecular weight excluding hydrogens is 915 g/mol. The van der Waals surface area contributed by atoms with E-state index >= 15 is 0 Å². The summed E-state index contributed by atoms with van der Waals surface area (Å²) < 4.78 is 20.7. The Morgan fingerprint density at radius 3 is 2.19 bits per heavy atom. The molecule has 0 fully saturated rings. The number of nitriles is 1. The molecular formula is C48H41GeIrN3S-2. The molecule has 54 heavy (non-hydrogen) atoms. The summed E-state index contributed by atoms with van der Waals surface area (Å²) in [5, 5.41) is 11.8. The molecule has 5 aromatic carbocycles. The van der Waals surface area contributed by atoms with Gasteiger partial charge in [0, 0.05) is 33.7 Å². The van der Waals surface area contributed by atoms with E-state index in [0.717, 1.165) is 38.3 Å². The van der Waals surface area contributed by atoms with Crippen molar-refractivity contribution < 1.29 is 22.8 Å². The fourth-order valence-electron chi connectivity index (χ4n) is 6.32. The fourth-order valence-corrected chi connectivity index (χ4v) is 9.68. The van der Waals surface area contributed by atoms with Crippen molar-refractivity contribution in [2.24, 2.45) is 5.92 Å². The number of rotatable bonds is 7. The zero-order chi connectivity index (χ0) is 38.7. The largest absolute Gasteiger partial charge is 0 e. The van der Waals surface area contributed by atoms with Crippen LogP contribution in [0.15, 0.2) is 140 Å². The van der Waals surface area contributed by atoms with Crippen molar-refractivity contribution in [1.29, 1.82) is 5.26 Å². The number of pyridine rings is 2. The summed E-state index contributed by atoms with van der Waals surface area (Å²) in [4.78, 5) is 9.22. The molecule has 0 N–H and O–H groups in total. The second-order valence-electron chi connectivity index (χ2n) is 14.3. The van der Waals surface area contributed by atoms with Crippen LogP contribution >= 0.6 is 11.3 Å². The van der Waals surface area contributed by atoms with E-state index in [1.807, 2.05) is 74.6 Å². The number of thiophene rings is 1. The summed E-state index contributed by atoms with van der Waals surface area (Å²) in [6.45, 7) is 3.81. The number of aromatic nitrogens is 2. The van der Waals surface area contributed by atoms with Gasteiger partial charge >= 0.3 is 146 Å². The van der Waals surface area contributed by atoms with Crippen molar-refractivity contribution in [2.75, 3.05) is 0 Å². The SMILES string of the molecule is [2H]C([2H])(c1ccnc(-c2[c-]ccc3c2sc2ccc(-c4ccccc4)cc23)c1)C(C)C.[CH3][Ge]([CH3])([CH3])[c]1ccc(-c2[c-]cc(C#N)c(-c3ccccc3)c2)nc1.[Ir]. The quantitative estimate of drug-likeness (QED) is 0.118. The van der Waals surface area contributed by atoms with Gasteiger partial charge in [0.15, 0.2) is 0 Å². The third kappa shape index (κ3) is 8.81. The molecule has 3 aromatic heterocycles. The van der Waals surface area contributed by atoms with Crippen molar-refractivity contribution in [2.45, 2.75) is 37.5 Å². The van der Waals surface area contributed by atoms with Gasteiger partial charge in [-0.2, -0.15) is 11.3 Å². The van der Waals surface area contributed by atoms with Crippen LogP contribution in [0.1, 0.15) is 27.7 Å². The van der Waals surface area contributed by atoms with E-state index in [9.17, 15) is 5.26 Å². The first-order valence-corrected chi connectivity index (χ1v) is 26.0. The van der Waals surface area contributed by atoms with E-state index < -0.39 is 19.6 Å². The van der Waals surface area contributed by atoms with Crippen molar-refractivity contribution in [1.82, 2.24) is 9.97 Å². The molecule has 0 spiro atoms. The third-order valence-corrected chi connectivity index (χ3v) is 14.5. The summed E-state index contributed by atoms with van der Waals surface area (Å²) in [7, 11) is 0. The summed E-state index contributed by atoms with van der Waals surface area (Å²) >= 11 is -0.110. The molecule has 0 saturated heterocycles. The minimum atomic E-state index is -1.85. The van der Waals surface area contributed by atoms with Crippen molar-refractivity contribution in [3.8, 4) is 50.8 Å². The third-order valence-electron chi connectivity index (χ3n) is 9.07. The molecule has 3 heterocycles. The first-order chi connectivity index (χ1) is 26.4. The van der Waals surface area contributed by atoms with E-state index in [-0.39, 0.29) is 26.0 Å². The Morgan fingerprint density at radius 2 is 1.52 bits per heavy atom. The smallest absolute Gasteiger partial charge is 0 e. The van der Waals surface area contributed by atoms with Crippen molar-refractivity contribution in [3.63, 3.8) is 0 Å². The maximum absolute atomic E-state index is 9.39. The van der Waals surface area contributed by atoms with Gasteiger partial charge < -0.3 is 4.98 Å². The number of benzene rings is 5. The zero-order valence-corrected chi connectivity index (χ0v) is 36.2. The van der Waals surface area contributed by atoms with Gasteiger partial charge in [0.1, 0.15) is 0 Å². The van der Waals surface area contributed by atoms with Crippen LogP contribution < -0.4 is 4.40 Å². The molecule has 0 unspecified atom stereocenters. The van der Waals surface area contributed by atoms with E-state index in [2.05, 4.69) is 106 Å². The molecule has 0 aliphatic heterocycles. The van der Waals surface area contributed by atoms with Gasteiger partial charge in [0.25, 0.3) is 0 Å². The van der Waals surface area contributed by atoms with Crippen molar-refractivity contribution >= 4 is 49.2 Å². The first kappa shape index (κ1) is 36.3. The monoisotopic (exact) mass is 960 g/mol. The molecule has 0 atom stereocenters. The molecule has 0 aliphatic carbocycles. The Balaban J connectivity index is 0.000000193. The molecule has 0 bridgehead atoms. The fraction of sp³-hybridized carbons (Fsp3) is 0.146. The summed E-state index contributed by atoms with van der Waals surface area (Å²) in [5.41, 5.74) is 9.16. The molecule has 0 aliphatic rings. The molecule has 8 rings (SSSR count). The Morgan fingerprint density at radius 1 is 0.778 bits per heavy atom. The maximum Gasteiger partial charge on any atom is 0 e. The van der Waals surface area contributed by atoms with E-state index in [1.165, 1.54) is 31.0 Å². The van der Waals surface area contributed by atoms with Crippen LogP contribution in [-0.4, -0.2) is 23.2 Å². The number of hydrogen-bond donors (Lipinski definition) is 0. The van der Waals surface area contributed by atoms with Gasteiger partial charge in [-0.3, -0.25) is 0 Å². The minimum Gasteiger partial charge on any atom is 0 e. The normalized spacial score (nSPS) is 11.9. The van der Waals surface area contributed by atoms with Gasteiger partial charge in [0.2, 0.25) is 0 Å². The molecule has 1 radical (unpaired) electrons. The average molecular weight is 959 g/mol. The van der Waals surface area contributed by atoms with Gasteiger partial charge in [-0.1, -0.05) is 67.3 Å². The van der Waals surface area contributed by atoms with E-state index in [0.29, 0.717) is 11.1 Å². The first-order valence-electron chi connectivity index (χ1n) is 18.8. The molecule has 269 valence electrons. The topological polar surface area (TPSA) is 49.6 Å². The summed E-state index contributed by atoms with van der Waals surface area (Å²) in [6.07, 6.45) is 2.30. The van der Waals surface area contributed by atoms with Gasteiger partial charge in [-0.25, -0.2) is 0 Å². The number of nitrogens with zero attached hydrogens (tertiary/aromatic N) is 3. The van der Waals surface area contributed by atoms with Crippen LogP contribution in [0.25, 0.3) is 64.9 Å². The van der Waals surface area contributed by atoms with E-state index in [4.69, 9.17) is 2.74 Å². The van der Waals surface area contributed by atoms with Crippen LogP contribution in [0.4, 0.5) is 0 Å². The van der Waals surface area contributed by atoms with Crippen LogP contribution in [0.5, 0.6) is 0 Å². The van der Waals surface area contributed by atoms with Gasteiger partial charge in [-0.05, 0) is 57.4 Å². The molecule has 0 amide bonds. The molecule has 8 aromatic rings. The predicted octanol–water partition coefficient (Wildman–Crippen LogP) is 12.4. The molecule has 0 saturated carbocycles. The predicted molar refractivity (Wildman–Crippen MR) is 227 cm³/mol.